The van der Waals surface area contributed by atoms with Crippen molar-refractivity contribution >= 4 is 0 Å². The van der Waals surface area contributed by atoms with Crippen LogP contribution in [0, 0.1) is 0 Å². The van der Waals surface area contributed by atoms with E-state index in [0.29, 0.717) is 11.3 Å². The Morgan fingerprint density at radius 1 is 1.00 bits per heavy atom. The fourth-order valence-electron chi connectivity index (χ4n) is 1.74. The van der Waals surface area contributed by atoms with E-state index in [0.717, 1.165) is 5.56 Å². The van der Waals surface area contributed by atoms with Gasteiger partial charge in [-0.15, -0.1) is 0 Å². The monoisotopic (exact) mass is 230 g/mol. The van der Waals surface area contributed by atoms with Gasteiger partial charge in [-0.05, 0) is 11.6 Å². The van der Waals surface area contributed by atoms with Gasteiger partial charge >= 0.3 is 0 Å². The van der Waals surface area contributed by atoms with Gasteiger partial charge in [-0.1, -0.05) is 42.5 Å². The van der Waals surface area contributed by atoms with E-state index in [4.69, 9.17) is 4.74 Å². The van der Waals surface area contributed by atoms with Crippen LogP contribution in [0.2, 0.25) is 0 Å². The van der Waals surface area contributed by atoms with E-state index < -0.39 is 6.10 Å². The summed E-state index contributed by atoms with van der Waals surface area (Å²) in [6.07, 6.45) is -0.855. The molecule has 1 atom stereocenters. The summed E-state index contributed by atoms with van der Waals surface area (Å²) in [5.41, 5.74) is 1.17. The van der Waals surface area contributed by atoms with Crippen molar-refractivity contribution in [2.75, 3.05) is 7.11 Å². The molecule has 0 bridgehead atoms. The van der Waals surface area contributed by atoms with Crippen LogP contribution in [-0.4, -0.2) is 17.3 Å². The molecule has 2 N–H and O–H groups in total. The standard InChI is InChI=1S/C14H14O3/c1-17-12-9-5-8-11(14(12)16)13(15)10-6-3-2-4-7-10/h2-9,13,15-16H,1H3. The topological polar surface area (TPSA) is 49.7 Å². The molecular weight excluding hydrogens is 216 g/mol. The Balaban J connectivity index is 2.41. The highest BCUT2D eigenvalue weighted by Crippen LogP contribution is 2.35. The molecule has 0 aliphatic carbocycles. The third kappa shape index (κ3) is 2.24. The molecule has 3 heteroatoms. The normalized spacial score (nSPS) is 12.1. The second-order valence-electron chi connectivity index (χ2n) is 3.71. The first kappa shape index (κ1) is 11.5. The maximum atomic E-state index is 10.2. The molecule has 0 fully saturated rings. The number of ether oxygens (including phenoxy) is 1. The first-order valence-corrected chi connectivity index (χ1v) is 5.33. The summed E-state index contributed by atoms with van der Waals surface area (Å²) in [5.74, 6) is 0.337. The third-order valence-corrected chi connectivity index (χ3v) is 2.66. The van der Waals surface area contributed by atoms with Crippen molar-refractivity contribution in [3.8, 4) is 11.5 Å². The second-order valence-corrected chi connectivity index (χ2v) is 3.71. The summed E-state index contributed by atoms with van der Waals surface area (Å²) in [4.78, 5) is 0. The number of methoxy groups -OCH3 is 1. The largest absolute Gasteiger partial charge is 0.504 e. The summed E-state index contributed by atoms with van der Waals surface area (Å²) in [6.45, 7) is 0. The fourth-order valence-corrected chi connectivity index (χ4v) is 1.74. The Kier molecular flexibility index (Phi) is 3.30. The summed E-state index contributed by atoms with van der Waals surface area (Å²) in [6, 6.07) is 14.2. The lowest BCUT2D eigenvalue weighted by molar-refractivity contribution is 0.214. The van der Waals surface area contributed by atoms with Crippen molar-refractivity contribution < 1.29 is 14.9 Å². The number of para-hydroxylation sites is 1. The van der Waals surface area contributed by atoms with Gasteiger partial charge in [0.25, 0.3) is 0 Å². The summed E-state index contributed by atoms with van der Waals surface area (Å²) in [5, 5.41) is 20.1. The van der Waals surface area contributed by atoms with E-state index in [9.17, 15) is 10.2 Å². The molecule has 0 saturated carbocycles. The number of hydrogen-bond donors (Lipinski definition) is 2. The van der Waals surface area contributed by atoms with E-state index in [1.54, 1.807) is 18.2 Å². The maximum Gasteiger partial charge on any atom is 0.163 e. The molecule has 2 aromatic rings. The number of phenolic OH excluding ortho intramolecular Hbond substituents is 1. The molecule has 88 valence electrons. The molecule has 1 unspecified atom stereocenters. The average Bonchev–Trinajstić information content (AvgIpc) is 2.39. The number of rotatable bonds is 3. The molecule has 17 heavy (non-hydrogen) atoms. The fraction of sp³-hybridized carbons (Fsp3) is 0.143. The van der Waals surface area contributed by atoms with E-state index >= 15 is 0 Å². The Morgan fingerprint density at radius 2 is 1.71 bits per heavy atom. The molecule has 0 aliphatic rings. The molecule has 0 amide bonds. The minimum Gasteiger partial charge on any atom is -0.504 e. The number of aromatic hydroxyl groups is 1. The van der Waals surface area contributed by atoms with Crippen LogP contribution in [0.15, 0.2) is 48.5 Å². The minimum atomic E-state index is -0.855. The van der Waals surface area contributed by atoms with E-state index in [1.165, 1.54) is 7.11 Å². The predicted octanol–water partition coefficient (Wildman–Crippen LogP) is 2.48. The van der Waals surface area contributed by atoms with E-state index in [2.05, 4.69) is 0 Å². The van der Waals surface area contributed by atoms with Gasteiger partial charge < -0.3 is 14.9 Å². The molecule has 2 aromatic carbocycles. The van der Waals surface area contributed by atoms with Gasteiger partial charge in [-0.25, -0.2) is 0 Å². The van der Waals surface area contributed by atoms with Crippen molar-refractivity contribution in [2.24, 2.45) is 0 Å². The van der Waals surface area contributed by atoms with Crippen molar-refractivity contribution in [3.63, 3.8) is 0 Å². The van der Waals surface area contributed by atoms with Gasteiger partial charge in [-0.3, -0.25) is 0 Å². The molecule has 0 spiro atoms. The van der Waals surface area contributed by atoms with Crippen LogP contribution < -0.4 is 4.74 Å². The number of benzene rings is 2. The lowest BCUT2D eigenvalue weighted by atomic mass is 10.0. The zero-order chi connectivity index (χ0) is 12.3. The Bertz CT molecular complexity index is 494. The first-order chi connectivity index (χ1) is 8.24. The zero-order valence-electron chi connectivity index (χ0n) is 9.50. The van der Waals surface area contributed by atoms with E-state index in [1.807, 2.05) is 30.3 Å². The number of aliphatic hydroxyl groups is 1. The van der Waals surface area contributed by atoms with Crippen molar-refractivity contribution in [1.82, 2.24) is 0 Å². The first-order valence-electron chi connectivity index (χ1n) is 5.33. The molecule has 0 radical (unpaired) electrons. The zero-order valence-corrected chi connectivity index (χ0v) is 9.50. The number of aliphatic hydroxyl groups excluding tert-OH is 1. The van der Waals surface area contributed by atoms with Crippen LogP contribution in [0.5, 0.6) is 11.5 Å². The van der Waals surface area contributed by atoms with Gasteiger partial charge in [0, 0.05) is 5.56 Å². The minimum absolute atomic E-state index is 0.0219. The number of phenols is 1. The van der Waals surface area contributed by atoms with Gasteiger partial charge in [-0.2, -0.15) is 0 Å². The predicted molar refractivity (Wildman–Crippen MR) is 65.2 cm³/mol. The molecule has 3 nitrogen and oxygen atoms in total. The SMILES string of the molecule is COc1cccc(C(O)c2ccccc2)c1O. The quantitative estimate of drug-likeness (QED) is 0.851. The Hall–Kier alpha value is -2.00. The van der Waals surface area contributed by atoms with Crippen LogP contribution in [0.25, 0.3) is 0 Å². The molecule has 0 aliphatic heterocycles. The van der Waals surface area contributed by atoms with E-state index in [-0.39, 0.29) is 5.75 Å². The smallest absolute Gasteiger partial charge is 0.163 e. The molecule has 0 aromatic heterocycles. The highest BCUT2D eigenvalue weighted by molar-refractivity contribution is 5.48. The molecule has 0 saturated heterocycles. The maximum absolute atomic E-state index is 10.2. The van der Waals surface area contributed by atoms with Gasteiger partial charge in [0.05, 0.1) is 7.11 Å². The third-order valence-electron chi connectivity index (χ3n) is 2.66. The lowest BCUT2D eigenvalue weighted by Gasteiger charge is -2.14. The average molecular weight is 230 g/mol. The highest BCUT2D eigenvalue weighted by atomic mass is 16.5. The van der Waals surface area contributed by atoms with Gasteiger partial charge in [0.1, 0.15) is 6.10 Å². The van der Waals surface area contributed by atoms with Gasteiger partial charge in [0.2, 0.25) is 0 Å². The highest BCUT2D eigenvalue weighted by Gasteiger charge is 2.16. The van der Waals surface area contributed by atoms with Crippen LogP contribution in [0.3, 0.4) is 0 Å². The van der Waals surface area contributed by atoms with Crippen molar-refractivity contribution in [2.45, 2.75) is 6.10 Å². The molecule has 0 heterocycles. The Labute approximate surface area is 99.9 Å². The molecular formula is C14H14O3. The summed E-state index contributed by atoms with van der Waals surface area (Å²) >= 11 is 0. The number of hydrogen-bond acceptors (Lipinski definition) is 3. The summed E-state index contributed by atoms with van der Waals surface area (Å²) < 4.78 is 5.01. The van der Waals surface area contributed by atoms with Crippen LogP contribution in [-0.2, 0) is 0 Å². The van der Waals surface area contributed by atoms with Gasteiger partial charge in [0.15, 0.2) is 11.5 Å². The molecule has 2 rings (SSSR count). The van der Waals surface area contributed by atoms with Crippen LogP contribution in [0.1, 0.15) is 17.2 Å². The summed E-state index contributed by atoms with van der Waals surface area (Å²) in [7, 11) is 1.48. The van der Waals surface area contributed by atoms with Crippen molar-refractivity contribution in [1.29, 1.82) is 0 Å². The van der Waals surface area contributed by atoms with Crippen LogP contribution in [0.4, 0.5) is 0 Å². The lowest BCUT2D eigenvalue weighted by Crippen LogP contribution is -2.00. The Morgan fingerprint density at radius 3 is 2.35 bits per heavy atom. The second kappa shape index (κ2) is 4.89. The van der Waals surface area contributed by atoms with Crippen LogP contribution >= 0.6 is 0 Å². The van der Waals surface area contributed by atoms with Crippen molar-refractivity contribution in [3.05, 3.63) is 59.7 Å².